The third-order valence-electron chi connectivity index (χ3n) is 2.67. The van der Waals surface area contributed by atoms with Crippen LogP contribution in [0.1, 0.15) is 27.2 Å². The number of alkyl carbamates (subject to hydrolysis) is 1. The first-order valence-electron chi connectivity index (χ1n) is 7.17. The Morgan fingerprint density at radius 2 is 1.92 bits per heavy atom. The van der Waals surface area contributed by atoms with E-state index < -0.39 is 42.2 Å². The highest BCUT2D eigenvalue weighted by atomic mass is 16.6. The fourth-order valence-corrected chi connectivity index (χ4v) is 1.65. The highest BCUT2D eigenvalue weighted by Gasteiger charge is 2.31. The van der Waals surface area contributed by atoms with Gasteiger partial charge in [-0.05, 0) is 20.8 Å². The van der Waals surface area contributed by atoms with E-state index in [-0.39, 0.29) is 11.6 Å². The average Bonchev–Trinajstić information content (AvgIpc) is 2.45. The third-order valence-corrected chi connectivity index (χ3v) is 2.67. The summed E-state index contributed by atoms with van der Waals surface area (Å²) in [6, 6.07) is -1.56. The summed E-state index contributed by atoms with van der Waals surface area (Å²) in [6.45, 7) is 4.80. The van der Waals surface area contributed by atoms with Gasteiger partial charge in [0.15, 0.2) is 6.10 Å². The SMILES string of the molecule is CC(C)(C)OC(=O)NC(CC(Oc1ncncc1N)C(=O)O)C(=O)O. The summed E-state index contributed by atoms with van der Waals surface area (Å²) in [5.74, 6) is -3.10. The van der Waals surface area contributed by atoms with Gasteiger partial charge in [-0.1, -0.05) is 0 Å². The molecule has 1 aromatic heterocycles. The van der Waals surface area contributed by atoms with Crippen molar-refractivity contribution in [3.63, 3.8) is 0 Å². The molecule has 1 aromatic rings. The average molecular weight is 356 g/mol. The molecule has 0 saturated heterocycles. The van der Waals surface area contributed by atoms with E-state index >= 15 is 0 Å². The van der Waals surface area contributed by atoms with Crippen LogP contribution in [0, 0.1) is 0 Å². The maximum atomic E-state index is 11.7. The van der Waals surface area contributed by atoms with Crippen LogP contribution >= 0.6 is 0 Å². The van der Waals surface area contributed by atoms with Crippen molar-refractivity contribution < 1.29 is 34.1 Å². The number of carbonyl (C=O) groups is 3. The minimum absolute atomic E-state index is 0.0132. The Labute approximate surface area is 143 Å². The number of nitrogen functional groups attached to an aromatic ring is 1. The van der Waals surface area contributed by atoms with Crippen molar-refractivity contribution in [2.75, 3.05) is 5.73 Å². The Kier molecular flexibility index (Phi) is 6.48. The van der Waals surface area contributed by atoms with Crippen molar-refractivity contribution in [1.82, 2.24) is 15.3 Å². The molecule has 0 aliphatic carbocycles. The number of carboxylic acid groups (broad SMARTS) is 2. The fourth-order valence-electron chi connectivity index (χ4n) is 1.65. The number of nitrogens with two attached hydrogens (primary N) is 1. The summed E-state index contributed by atoms with van der Waals surface area (Å²) in [6.07, 6.45) is -0.890. The summed E-state index contributed by atoms with van der Waals surface area (Å²) in [7, 11) is 0. The molecule has 1 rings (SSSR count). The minimum atomic E-state index is -1.62. The van der Waals surface area contributed by atoms with Crippen LogP contribution in [0.15, 0.2) is 12.5 Å². The number of carbonyl (C=O) groups excluding carboxylic acids is 1. The molecule has 2 unspecified atom stereocenters. The monoisotopic (exact) mass is 356 g/mol. The number of rotatable bonds is 7. The van der Waals surface area contributed by atoms with Crippen molar-refractivity contribution in [2.24, 2.45) is 0 Å². The number of anilines is 1. The molecule has 0 radical (unpaired) electrons. The van der Waals surface area contributed by atoms with E-state index in [1.807, 2.05) is 0 Å². The number of ether oxygens (including phenoxy) is 2. The van der Waals surface area contributed by atoms with E-state index in [2.05, 4.69) is 15.3 Å². The largest absolute Gasteiger partial charge is 0.480 e. The predicted molar refractivity (Wildman–Crippen MR) is 83.9 cm³/mol. The molecular weight excluding hydrogens is 336 g/mol. The molecule has 0 fully saturated rings. The molecule has 0 aliphatic heterocycles. The second-order valence-corrected chi connectivity index (χ2v) is 6.00. The predicted octanol–water partition coefficient (Wildman–Crippen LogP) is 0.259. The first-order valence-corrected chi connectivity index (χ1v) is 7.17. The van der Waals surface area contributed by atoms with E-state index in [0.29, 0.717) is 0 Å². The van der Waals surface area contributed by atoms with E-state index in [1.165, 1.54) is 6.20 Å². The maximum Gasteiger partial charge on any atom is 0.408 e. The van der Waals surface area contributed by atoms with Crippen LogP contribution in [-0.4, -0.2) is 56.0 Å². The lowest BCUT2D eigenvalue weighted by molar-refractivity contribution is -0.147. The van der Waals surface area contributed by atoms with Crippen molar-refractivity contribution >= 4 is 23.7 Å². The second kappa shape index (κ2) is 8.13. The molecule has 2 atom stereocenters. The quantitative estimate of drug-likeness (QED) is 0.530. The minimum Gasteiger partial charge on any atom is -0.480 e. The first kappa shape index (κ1) is 19.9. The van der Waals surface area contributed by atoms with Crippen molar-refractivity contribution in [1.29, 1.82) is 0 Å². The van der Waals surface area contributed by atoms with Crippen LogP contribution in [0.4, 0.5) is 10.5 Å². The number of aromatic nitrogens is 2. The fraction of sp³-hybridized carbons (Fsp3) is 0.500. The topological polar surface area (TPSA) is 174 Å². The van der Waals surface area contributed by atoms with E-state index in [4.69, 9.17) is 15.2 Å². The molecular formula is C14H20N4O7. The number of hydrogen-bond donors (Lipinski definition) is 4. The molecule has 1 heterocycles. The lowest BCUT2D eigenvalue weighted by atomic mass is 10.1. The van der Waals surface area contributed by atoms with Gasteiger partial charge in [-0.15, -0.1) is 0 Å². The lowest BCUT2D eigenvalue weighted by Crippen LogP contribution is -2.47. The molecule has 138 valence electrons. The number of aliphatic carboxylic acids is 2. The number of nitrogens with zero attached hydrogens (tertiary/aromatic N) is 2. The van der Waals surface area contributed by atoms with Gasteiger partial charge in [0.2, 0.25) is 5.88 Å². The summed E-state index contributed by atoms with van der Waals surface area (Å²) in [4.78, 5) is 41.7. The summed E-state index contributed by atoms with van der Waals surface area (Å²) >= 11 is 0. The zero-order chi connectivity index (χ0) is 19.2. The number of nitrogens with one attached hydrogen (secondary N) is 1. The standard InChI is InChI=1S/C14H20N4O7/c1-14(2,3)25-13(23)18-8(11(19)20)4-9(12(21)22)24-10-7(15)5-16-6-17-10/h5-6,8-9H,4,15H2,1-3H3,(H,18,23)(H,19,20)(H,21,22). The number of amides is 1. The van der Waals surface area contributed by atoms with Gasteiger partial charge in [0.25, 0.3) is 0 Å². The molecule has 5 N–H and O–H groups in total. The smallest absolute Gasteiger partial charge is 0.408 e. The molecule has 25 heavy (non-hydrogen) atoms. The van der Waals surface area contributed by atoms with Crippen molar-refractivity contribution in [3.05, 3.63) is 12.5 Å². The summed E-state index contributed by atoms with van der Waals surface area (Å²) in [5.41, 5.74) is 4.71. The van der Waals surface area contributed by atoms with Gasteiger partial charge in [-0.2, -0.15) is 4.98 Å². The van der Waals surface area contributed by atoms with Crippen LogP contribution < -0.4 is 15.8 Å². The molecule has 0 bridgehead atoms. The molecule has 0 aliphatic rings. The van der Waals surface area contributed by atoms with Gasteiger partial charge in [-0.25, -0.2) is 19.4 Å². The second-order valence-electron chi connectivity index (χ2n) is 6.00. The third kappa shape index (κ3) is 6.89. The van der Waals surface area contributed by atoms with E-state index in [0.717, 1.165) is 6.33 Å². The summed E-state index contributed by atoms with van der Waals surface area (Å²) < 4.78 is 10.1. The van der Waals surface area contributed by atoms with Crippen LogP contribution in [0.3, 0.4) is 0 Å². The van der Waals surface area contributed by atoms with Crippen molar-refractivity contribution in [3.8, 4) is 5.88 Å². The molecule has 11 nitrogen and oxygen atoms in total. The Hall–Kier alpha value is -3.11. The van der Waals surface area contributed by atoms with Gasteiger partial charge in [0, 0.05) is 6.42 Å². The van der Waals surface area contributed by atoms with Gasteiger partial charge < -0.3 is 30.7 Å². The van der Waals surface area contributed by atoms with Gasteiger partial charge in [-0.3, -0.25) is 0 Å². The first-order chi connectivity index (χ1) is 11.5. The Balaban J connectivity index is 2.85. The number of carboxylic acids is 2. The van der Waals surface area contributed by atoms with Crippen LogP contribution in [0.5, 0.6) is 5.88 Å². The maximum absolute atomic E-state index is 11.7. The molecule has 0 spiro atoms. The van der Waals surface area contributed by atoms with Crippen molar-refractivity contribution in [2.45, 2.75) is 44.9 Å². The molecule has 1 amide bonds. The van der Waals surface area contributed by atoms with E-state index in [1.54, 1.807) is 20.8 Å². The van der Waals surface area contributed by atoms with Crippen LogP contribution in [-0.2, 0) is 14.3 Å². The Morgan fingerprint density at radius 3 is 2.40 bits per heavy atom. The van der Waals surface area contributed by atoms with Gasteiger partial charge >= 0.3 is 18.0 Å². The van der Waals surface area contributed by atoms with Gasteiger partial charge in [0.1, 0.15) is 23.7 Å². The zero-order valence-corrected chi connectivity index (χ0v) is 13.9. The lowest BCUT2D eigenvalue weighted by Gasteiger charge is -2.23. The highest BCUT2D eigenvalue weighted by Crippen LogP contribution is 2.18. The molecule has 0 saturated carbocycles. The van der Waals surface area contributed by atoms with E-state index in [9.17, 15) is 24.6 Å². The normalized spacial score (nSPS) is 13.4. The molecule has 0 aromatic carbocycles. The van der Waals surface area contributed by atoms with Crippen LogP contribution in [0.25, 0.3) is 0 Å². The molecule has 11 heteroatoms. The van der Waals surface area contributed by atoms with Crippen LogP contribution in [0.2, 0.25) is 0 Å². The Morgan fingerprint density at radius 1 is 1.28 bits per heavy atom. The number of hydrogen-bond acceptors (Lipinski definition) is 8. The zero-order valence-electron chi connectivity index (χ0n) is 13.9. The van der Waals surface area contributed by atoms with Gasteiger partial charge in [0.05, 0.1) is 6.20 Å². The Bertz CT molecular complexity index is 644. The summed E-state index contributed by atoms with van der Waals surface area (Å²) in [5, 5.41) is 20.5. The highest BCUT2D eigenvalue weighted by molar-refractivity contribution is 5.81.